The van der Waals surface area contributed by atoms with Gasteiger partial charge in [0.15, 0.2) is 0 Å². The molecule has 2 atom stereocenters. The molecule has 1 aromatic rings. The molecule has 21 heavy (non-hydrogen) atoms. The Morgan fingerprint density at radius 1 is 1.52 bits per heavy atom. The maximum atomic E-state index is 14.2. The third kappa shape index (κ3) is 4.92. The van der Waals surface area contributed by atoms with Gasteiger partial charge in [0.25, 0.3) is 0 Å². The van der Waals surface area contributed by atoms with Gasteiger partial charge in [0.05, 0.1) is 11.1 Å². The third-order valence-electron chi connectivity index (χ3n) is 3.86. The SMILES string of the molecule is CCCNC(CCC1CCCO1)c1cc(Cl)c(Br)cc1F. The maximum absolute atomic E-state index is 14.2. The molecule has 2 unspecified atom stereocenters. The van der Waals surface area contributed by atoms with E-state index < -0.39 is 0 Å². The zero-order valence-corrected chi connectivity index (χ0v) is 14.6. The highest BCUT2D eigenvalue weighted by Crippen LogP contribution is 2.31. The number of ether oxygens (including phenoxy) is 1. The molecule has 1 aliphatic heterocycles. The largest absolute Gasteiger partial charge is 0.378 e. The van der Waals surface area contributed by atoms with Crippen molar-refractivity contribution in [2.24, 2.45) is 0 Å². The molecule has 0 spiro atoms. The Balaban J connectivity index is 2.08. The summed E-state index contributed by atoms with van der Waals surface area (Å²) >= 11 is 9.39. The van der Waals surface area contributed by atoms with Gasteiger partial charge in [-0.1, -0.05) is 18.5 Å². The first-order valence-electron chi connectivity index (χ1n) is 7.61. The second-order valence-corrected chi connectivity index (χ2v) is 6.77. The van der Waals surface area contributed by atoms with Crippen LogP contribution in [0.4, 0.5) is 4.39 Å². The summed E-state index contributed by atoms with van der Waals surface area (Å²) in [5.41, 5.74) is 0.648. The van der Waals surface area contributed by atoms with Crippen LogP contribution in [0.2, 0.25) is 5.02 Å². The zero-order chi connectivity index (χ0) is 15.2. The summed E-state index contributed by atoms with van der Waals surface area (Å²) in [5, 5.41) is 3.98. The van der Waals surface area contributed by atoms with E-state index in [0.717, 1.165) is 45.3 Å². The predicted molar refractivity (Wildman–Crippen MR) is 88.4 cm³/mol. The first-order chi connectivity index (χ1) is 10.1. The van der Waals surface area contributed by atoms with E-state index in [4.69, 9.17) is 16.3 Å². The van der Waals surface area contributed by atoms with E-state index in [2.05, 4.69) is 28.2 Å². The molecular weight excluding hydrogens is 357 g/mol. The van der Waals surface area contributed by atoms with E-state index in [1.54, 1.807) is 6.07 Å². The Bertz CT molecular complexity index is 466. The number of hydrogen-bond donors (Lipinski definition) is 1. The highest BCUT2D eigenvalue weighted by molar-refractivity contribution is 9.10. The van der Waals surface area contributed by atoms with Crippen molar-refractivity contribution >= 4 is 27.5 Å². The minimum absolute atomic E-state index is 0.0141. The second-order valence-electron chi connectivity index (χ2n) is 5.51. The van der Waals surface area contributed by atoms with Crippen LogP contribution in [0.5, 0.6) is 0 Å². The lowest BCUT2D eigenvalue weighted by atomic mass is 9.98. The molecule has 118 valence electrons. The standard InChI is InChI=1S/C16H22BrClFNO/c1-2-7-20-16(6-5-11-4-3-8-21-11)12-9-14(18)13(17)10-15(12)19/h9-11,16,20H,2-8H2,1H3. The minimum atomic E-state index is -0.216. The summed E-state index contributed by atoms with van der Waals surface area (Å²) in [6.07, 6.45) is 5.40. The van der Waals surface area contributed by atoms with Gasteiger partial charge in [0.2, 0.25) is 0 Å². The minimum Gasteiger partial charge on any atom is -0.378 e. The number of benzene rings is 1. The maximum Gasteiger partial charge on any atom is 0.129 e. The smallest absolute Gasteiger partial charge is 0.129 e. The summed E-state index contributed by atoms with van der Waals surface area (Å²) in [6.45, 7) is 3.83. The van der Waals surface area contributed by atoms with Crippen LogP contribution < -0.4 is 5.32 Å². The van der Waals surface area contributed by atoms with Crippen molar-refractivity contribution < 1.29 is 9.13 Å². The number of rotatable bonds is 7. The quantitative estimate of drug-likeness (QED) is 0.655. The van der Waals surface area contributed by atoms with Crippen molar-refractivity contribution in [3.05, 3.63) is 33.0 Å². The van der Waals surface area contributed by atoms with Crippen LogP contribution in [-0.4, -0.2) is 19.3 Å². The van der Waals surface area contributed by atoms with Crippen molar-refractivity contribution in [3.63, 3.8) is 0 Å². The molecule has 0 saturated carbocycles. The average molecular weight is 379 g/mol. The molecular formula is C16H22BrClFNO. The predicted octanol–water partition coefficient (Wildman–Crippen LogP) is 5.24. The van der Waals surface area contributed by atoms with E-state index in [1.165, 1.54) is 6.07 Å². The molecule has 1 aliphatic rings. The molecule has 1 aromatic carbocycles. The van der Waals surface area contributed by atoms with Crippen LogP contribution in [0.25, 0.3) is 0 Å². The molecule has 5 heteroatoms. The van der Waals surface area contributed by atoms with Gasteiger partial charge < -0.3 is 10.1 Å². The van der Waals surface area contributed by atoms with Crippen LogP contribution in [0.1, 0.15) is 50.6 Å². The van der Waals surface area contributed by atoms with Gasteiger partial charge in [0, 0.05) is 22.7 Å². The molecule has 0 aliphatic carbocycles. The van der Waals surface area contributed by atoms with Gasteiger partial charge >= 0.3 is 0 Å². The number of nitrogens with one attached hydrogen (secondary N) is 1. The fourth-order valence-corrected chi connectivity index (χ4v) is 3.20. The summed E-state index contributed by atoms with van der Waals surface area (Å²) in [6, 6.07) is 3.16. The average Bonchev–Trinajstić information content (AvgIpc) is 2.97. The Hall–Kier alpha value is -0.160. The van der Waals surface area contributed by atoms with Crippen molar-refractivity contribution in [1.29, 1.82) is 0 Å². The van der Waals surface area contributed by atoms with Gasteiger partial charge in [-0.15, -0.1) is 0 Å². The molecule has 1 fully saturated rings. The van der Waals surface area contributed by atoms with Crippen molar-refractivity contribution in [2.45, 2.75) is 51.2 Å². The van der Waals surface area contributed by atoms with E-state index in [1.807, 2.05) is 0 Å². The topological polar surface area (TPSA) is 21.3 Å². The van der Waals surface area contributed by atoms with Crippen molar-refractivity contribution in [3.8, 4) is 0 Å². The zero-order valence-electron chi connectivity index (χ0n) is 12.3. The van der Waals surface area contributed by atoms with Gasteiger partial charge in [-0.25, -0.2) is 4.39 Å². The van der Waals surface area contributed by atoms with Gasteiger partial charge in [0.1, 0.15) is 5.82 Å². The molecule has 2 nitrogen and oxygen atoms in total. The Kier molecular flexibility index (Phi) is 6.93. The molecule has 0 bridgehead atoms. The molecule has 1 N–H and O–H groups in total. The summed E-state index contributed by atoms with van der Waals surface area (Å²) in [5.74, 6) is -0.216. The first-order valence-corrected chi connectivity index (χ1v) is 8.78. The highest BCUT2D eigenvalue weighted by atomic mass is 79.9. The van der Waals surface area contributed by atoms with Crippen molar-refractivity contribution in [1.82, 2.24) is 5.32 Å². The van der Waals surface area contributed by atoms with Crippen molar-refractivity contribution in [2.75, 3.05) is 13.2 Å². The summed E-state index contributed by atoms with van der Waals surface area (Å²) < 4.78 is 20.5. The molecule has 2 rings (SSSR count). The van der Waals surface area contributed by atoms with Crippen LogP contribution in [-0.2, 0) is 4.74 Å². The lowest BCUT2D eigenvalue weighted by Gasteiger charge is -2.21. The van der Waals surface area contributed by atoms with Gasteiger partial charge in [-0.05, 0) is 66.7 Å². The Labute approximate surface area is 139 Å². The van der Waals surface area contributed by atoms with Crippen LogP contribution >= 0.6 is 27.5 Å². The van der Waals surface area contributed by atoms with E-state index in [0.29, 0.717) is 21.2 Å². The fraction of sp³-hybridized carbons (Fsp3) is 0.625. The van der Waals surface area contributed by atoms with Crippen LogP contribution in [0.15, 0.2) is 16.6 Å². The summed E-state index contributed by atoms with van der Waals surface area (Å²) in [7, 11) is 0. The first kappa shape index (κ1) is 17.2. The lowest BCUT2D eigenvalue weighted by molar-refractivity contribution is 0.0994. The van der Waals surface area contributed by atoms with Gasteiger partial charge in [-0.3, -0.25) is 0 Å². The molecule has 1 heterocycles. The molecule has 0 radical (unpaired) electrons. The van der Waals surface area contributed by atoms with E-state index in [9.17, 15) is 4.39 Å². The van der Waals surface area contributed by atoms with E-state index >= 15 is 0 Å². The molecule has 0 aromatic heterocycles. The second kappa shape index (κ2) is 8.47. The molecule has 1 saturated heterocycles. The lowest BCUT2D eigenvalue weighted by Crippen LogP contribution is -2.24. The Morgan fingerprint density at radius 3 is 3.00 bits per heavy atom. The molecule has 0 amide bonds. The van der Waals surface area contributed by atoms with E-state index in [-0.39, 0.29) is 11.9 Å². The fourth-order valence-electron chi connectivity index (χ4n) is 2.72. The third-order valence-corrected chi connectivity index (χ3v) is 5.05. The van der Waals surface area contributed by atoms with Crippen LogP contribution in [0.3, 0.4) is 0 Å². The number of hydrogen-bond acceptors (Lipinski definition) is 2. The number of halogens is 3. The van der Waals surface area contributed by atoms with Crippen LogP contribution in [0, 0.1) is 5.82 Å². The summed E-state index contributed by atoms with van der Waals surface area (Å²) in [4.78, 5) is 0. The highest BCUT2D eigenvalue weighted by Gasteiger charge is 2.21. The monoisotopic (exact) mass is 377 g/mol. The van der Waals surface area contributed by atoms with Gasteiger partial charge in [-0.2, -0.15) is 0 Å². The Morgan fingerprint density at radius 2 is 2.33 bits per heavy atom. The normalized spacial score (nSPS) is 19.9.